The summed E-state index contributed by atoms with van der Waals surface area (Å²) in [4.78, 5) is 4.88. The van der Waals surface area contributed by atoms with Crippen LogP contribution in [-0.4, -0.2) is 17.5 Å². The maximum absolute atomic E-state index is 4.88. The third-order valence-corrected chi connectivity index (χ3v) is 11.8. The van der Waals surface area contributed by atoms with Crippen molar-refractivity contribution >= 4 is 40.6 Å². The molecule has 0 amide bonds. The highest BCUT2D eigenvalue weighted by Gasteiger charge is 2.48. The van der Waals surface area contributed by atoms with E-state index in [1.165, 1.54) is 32.9 Å². The number of nitrogens with zero attached hydrogens (tertiary/aromatic N) is 2. The first-order valence-electron chi connectivity index (χ1n) is 8.68. The van der Waals surface area contributed by atoms with Crippen LogP contribution in [0.1, 0.15) is 25.1 Å². The molecule has 1 aliphatic rings. The van der Waals surface area contributed by atoms with Crippen molar-refractivity contribution in [2.24, 2.45) is 0 Å². The van der Waals surface area contributed by atoms with E-state index in [4.69, 9.17) is 4.98 Å². The van der Waals surface area contributed by atoms with Crippen LogP contribution in [0.3, 0.4) is 0 Å². The summed E-state index contributed by atoms with van der Waals surface area (Å²) in [7, 11) is -1.68. The molecule has 0 spiro atoms. The highest BCUT2D eigenvalue weighted by Crippen LogP contribution is 2.42. The van der Waals surface area contributed by atoms with E-state index in [0.29, 0.717) is 0 Å². The van der Waals surface area contributed by atoms with E-state index in [0.717, 1.165) is 5.65 Å². The summed E-state index contributed by atoms with van der Waals surface area (Å²) in [5, 5.41) is 5.72. The van der Waals surface area contributed by atoms with Crippen LogP contribution in [0.2, 0.25) is 13.1 Å². The summed E-state index contributed by atoms with van der Waals surface area (Å²) in [6.07, 6.45) is 2.13. The van der Waals surface area contributed by atoms with Gasteiger partial charge in [-0.2, -0.15) is 0 Å². The first-order chi connectivity index (χ1) is 11.4. The smallest absolute Gasteiger partial charge is 0.145 e. The number of hydrogen-bond acceptors (Lipinski definition) is 1. The lowest BCUT2D eigenvalue weighted by Crippen LogP contribution is -2.60. The average molecular weight is 331 g/mol. The van der Waals surface area contributed by atoms with Crippen molar-refractivity contribution in [1.82, 2.24) is 9.38 Å². The molecule has 2 aromatic carbocycles. The summed E-state index contributed by atoms with van der Waals surface area (Å²) in [6.45, 7) is 12.1. The Morgan fingerprint density at radius 1 is 1.00 bits per heavy atom. The second-order valence-electron chi connectivity index (χ2n) is 8.25. The second kappa shape index (κ2) is 4.09. The minimum Gasteiger partial charge on any atom is -0.296 e. The number of rotatable bonds is 0. The molecule has 0 aliphatic carbocycles. The molecule has 0 fully saturated rings. The fourth-order valence-corrected chi connectivity index (χ4v) is 7.35. The van der Waals surface area contributed by atoms with Crippen LogP contribution in [0.4, 0.5) is 0 Å². The number of hydrogen-bond donors (Lipinski definition) is 0. The summed E-state index contributed by atoms with van der Waals surface area (Å²) in [5.41, 5.74) is 5.25. The first kappa shape index (κ1) is 14.2. The minimum atomic E-state index is -1.68. The lowest BCUT2D eigenvalue weighted by atomic mass is 10.0. The second-order valence-corrected chi connectivity index (χ2v) is 13.3. The van der Waals surface area contributed by atoms with Crippen molar-refractivity contribution in [3.8, 4) is 0 Å². The van der Waals surface area contributed by atoms with Crippen LogP contribution in [0.25, 0.3) is 27.3 Å². The van der Waals surface area contributed by atoms with E-state index in [-0.39, 0.29) is 5.04 Å². The van der Waals surface area contributed by atoms with Crippen LogP contribution in [0.5, 0.6) is 0 Å². The first-order valence-corrected chi connectivity index (χ1v) is 11.7. The SMILES string of the molecule is Cc1ccc2c3c1c1ccccc1c1ncc(n13)C(C)(C)[Si]2(C)C. The Balaban J connectivity index is 2.24. The van der Waals surface area contributed by atoms with Gasteiger partial charge in [-0.05, 0) is 23.1 Å². The average Bonchev–Trinajstić information content (AvgIpc) is 2.99. The molecule has 2 aromatic heterocycles. The normalized spacial score (nSPS) is 18.0. The molecule has 5 rings (SSSR count). The Labute approximate surface area is 143 Å². The Hall–Kier alpha value is -2.13. The van der Waals surface area contributed by atoms with Crippen LogP contribution >= 0.6 is 0 Å². The van der Waals surface area contributed by atoms with Crippen molar-refractivity contribution in [2.75, 3.05) is 0 Å². The summed E-state index contributed by atoms with van der Waals surface area (Å²) >= 11 is 0. The van der Waals surface area contributed by atoms with Gasteiger partial charge in [0.1, 0.15) is 5.65 Å². The molecule has 1 aliphatic heterocycles. The van der Waals surface area contributed by atoms with Crippen molar-refractivity contribution < 1.29 is 0 Å². The predicted octanol–water partition coefficient (Wildman–Crippen LogP) is 4.69. The molecule has 0 bridgehead atoms. The number of benzene rings is 2. The maximum atomic E-state index is 4.88. The summed E-state index contributed by atoms with van der Waals surface area (Å²) in [6, 6.07) is 13.4. The number of aromatic nitrogens is 2. The van der Waals surface area contributed by atoms with Gasteiger partial charge in [-0.25, -0.2) is 4.98 Å². The lowest BCUT2D eigenvalue weighted by molar-refractivity contribution is 0.686. The molecule has 120 valence electrons. The van der Waals surface area contributed by atoms with Gasteiger partial charge in [0.25, 0.3) is 0 Å². The van der Waals surface area contributed by atoms with Gasteiger partial charge in [-0.3, -0.25) is 4.40 Å². The molecule has 0 atom stereocenters. The molecule has 4 aromatic rings. The van der Waals surface area contributed by atoms with Gasteiger partial charge >= 0.3 is 0 Å². The monoisotopic (exact) mass is 330 g/mol. The molecule has 0 radical (unpaired) electrons. The van der Waals surface area contributed by atoms with Crippen molar-refractivity contribution in [2.45, 2.75) is 38.9 Å². The van der Waals surface area contributed by atoms with E-state index in [2.05, 4.69) is 80.9 Å². The zero-order valence-electron chi connectivity index (χ0n) is 14.9. The van der Waals surface area contributed by atoms with Gasteiger partial charge in [0.15, 0.2) is 0 Å². The zero-order valence-corrected chi connectivity index (χ0v) is 15.9. The Morgan fingerprint density at radius 3 is 2.46 bits per heavy atom. The van der Waals surface area contributed by atoms with Gasteiger partial charge in [-0.1, -0.05) is 63.3 Å². The van der Waals surface area contributed by atoms with Crippen LogP contribution in [-0.2, 0) is 5.04 Å². The Morgan fingerprint density at radius 2 is 1.71 bits per heavy atom. The molecule has 0 unspecified atom stereocenters. The van der Waals surface area contributed by atoms with Crippen molar-refractivity contribution in [3.05, 3.63) is 53.9 Å². The van der Waals surface area contributed by atoms with E-state index >= 15 is 0 Å². The molecule has 3 heteroatoms. The molecular weight excluding hydrogens is 308 g/mol. The van der Waals surface area contributed by atoms with Gasteiger partial charge < -0.3 is 0 Å². The van der Waals surface area contributed by atoms with E-state index in [1.807, 2.05) is 0 Å². The molecule has 0 N–H and O–H groups in total. The topological polar surface area (TPSA) is 17.3 Å². The van der Waals surface area contributed by atoms with Crippen molar-refractivity contribution in [1.29, 1.82) is 0 Å². The molecule has 0 saturated heterocycles. The van der Waals surface area contributed by atoms with E-state index in [1.54, 1.807) is 5.19 Å². The third kappa shape index (κ3) is 1.37. The Kier molecular flexibility index (Phi) is 2.43. The number of fused-ring (bicyclic) bond motifs is 3. The molecular formula is C21H22N2Si. The number of imidazole rings is 1. The lowest BCUT2D eigenvalue weighted by Gasteiger charge is -2.44. The van der Waals surface area contributed by atoms with E-state index < -0.39 is 8.07 Å². The maximum Gasteiger partial charge on any atom is 0.145 e. The van der Waals surface area contributed by atoms with E-state index in [9.17, 15) is 0 Å². The van der Waals surface area contributed by atoms with Gasteiger partial charge in [0.05, 0.1) is 13.6 Å². The highest BCUT2D eigenvalue weighted by atomic mass is 28.3. The fraction of sp³-hybridized carbons (Fsp3) is 0.286. The van der Waals surface area contributed by atoms with Crippen molar-refractivity contribution in [3.63, 3.8) is 0 Å². The van der Waals surface area contributed by atoms with Crippen LogP contribution in [0, 0.1) is 6.92 Å². The molecule has 3 heterocycles. The summed E-state index contributed by atoms with van der Waals surface area (Å²) < 4.78 is 2.46. The van der Waals surface area contributed by atoms with Gasteiger partial charge in [-0.15, -0.1) is 0 Å². The fourth-order valence-electron chi connectivity index (χ4n) is 4.53. The zero-order chi connectivity index (χ0) is 16.9. The third-order valence-electron chi connectivity index (χ3n) is 6.69. The van der Waals surface area contributed by atoms with Crippen LogP contribution < -0.4 is 5.19 Å². The number of aryl methyl sites for hydroxylation is 1. The highest BCUT2D eigenvalue weighted by molar-refractivity contribution is 6.94. The molecule has 24 heavy (non-hydrogen) atoms. The predicted molar refractivity (Wildman–Crippen MR) is 105 cm³/mol. The Bertz CT molecular complexity index is 1170. The van der Waals surface area contributed by atoms with Crippen LogP contribution in [0.15, 0.2) is 42.6 Å². The minimum absolute atomic E-state index is 0.157. The largest absolute Gasteiger partial charge is 0.296 e. The standard InChI is InChI=1S/C21H22N2Si/c1-13-10-11-16-19-18(13)14-8-6-7-9-15(14)20-22-12-17(23(19)20)21(2,3)24(16,4)5/h6-12H,1-5H3. The molecule has 2 nitrogen and oxygen atoms in total. The quantitative estimate of drug-likeness (QED) is 0.337. The molecule has 0 saturated carbocycles. The summed E-state index contributed by atoms with van der Waals surface area (Å²) in [5.74, 6) is 0. The number of pyridine rings is 1. The van der Waals surface area contributed by atoms with Gasteiger partial charge in [0, 0.05) is 27.7 Å². The van der Waals surface area contributed by atoms with Gasteiger partial charge in [0.2, 0.25) is 0 Å².